The average Bonchev–Trinajstić information content (AvgIpc) is 3.33. The lowest BCUT2D eigenvalue weighted by Crippen LogP contribution is -2.16. The molecule has 0 radical (unpaired) electrons. The van der Waals surface area contributed by atoms with Gasteiger partial charge in [0.2, 0.25) is 0 Å². The summed E-state index contributed by atoms with van der Waals surface area (Å²) in [5.74, 6) is 0.478. The summed E-state index contributed by atoms with van der Waals surface area (Å²) in [6.45, 7) is 9.39. The van der Waals surface area contributed by atoms with Crippen LogP contribution < -0.4 is 0 Å². The van der Waals surface area contributed by atoms with Gasteiger partial charge in [-0.1, -0.05) is 178 Å². The Labute approximate surface area is 279 Å². The molecule has 8 rings (SSSR count). The van der Waals surface area contributed by atoms with Crippen LogP contribution in [-0.4, -0.2) is 0 Å². The van der Waals surface area contributed by atoms with Crippen molar-refractivity contribution in [3.05, 3.63) is 191 Å². The van der Waals surface area contributed by atoms with Crippen LogP contribution in [0.2, 0.25) is 0 Å². The molecule has 0 heteroatoms. The predicted octanol–water partition coefficient (Wildman–Crippen LogP) is 12.7. The quantitative estimate of drug-likeness (QED) is 0.177. The maximum absolute atomic E-state index is 2.51. The number of hydrogen-bond acceptors (Lipinski definition) is 0. The topological polar surface area (TPSA) is 0 Å². The summed E-state index contributed by atoms with van der Waals surface area (Å²) in [4.78, 5) is 0. The first-order valence-corrected chi connectivity index (χ1v) is 16.9. The lowest BCUT2D eigenvalue weighted by molar-refractivity contribution is 0.640. The molecule has 7 aromatic rings. The molecule has 0 N–H and O–H groups in total. The molecule has 0 amide bonds. The van der Waals surface area contributed by atoms with Crippen molar-refractivity contribution in [1.29, 1.82) is 0 Å². The third kappa shape index (κ3) is 5.19. The summed E-state index contributed by atoms with van der Waals surface area (Å²) in [5, 5.41) is 2.57. The summed E-state index contributed by atoms with van der Waals surface area (Å²) in [7, 11) is 0. The van der Waals surface area contributed by atoms with Crippen LogP contribution >= 0.6 is 0 Å². The number of aryl methyl sites for hydroxylation is 1. The highest BCUT2D eigenvalue weighted by Gasteiger charge is 2.36. The minimum Gasteiger partial charge on any atom is -0.0622 e. The number of fused-ring (bicyclic) bond motifs is 4. The van der Waals surface area contributed by atoms with Crippen molar-refractivity contribution in [1.82, 2.24) is 0 Å². The van der Waals surface area contributed by atoms with Crippen molar-refractivity contribution in [3.63, 3.8) is 0 Å². The molecule has 0 fully saturated rings. The molecule has 0 aromatic heterocycles. The highest BCUT2D eigenvalue weighted by Crippen LogP contribution is 2.50. The van der Waals surface area contributed by atoms with Gasteiger partial charge in [0.15, 0.2) is 0 Å². The fourth-order valence-electron chi connectivity index (χ4n) is 7.91. The van der Waals surface area contributed by atoms with E-state index in [4.69, 9.17) is 0 Å². The molecule has 47 heavy (non-hydrogen) atoms. The van der Waals surface area contributed by atoms with Crippen LogP contribution in [0.15, 0.2) is 158 Å². The molecule has 0 heterocycles. The predicted molar refractivity (Wildman–Crippen MR) is 200 cm³/mol. The van der Waals surface area contributed by atoms with Crippen LogP contribution in [0, 0.1) is 6.92 Å². The van der Waals surface area contributed by atoms with E-state index in [0.717, 1.165) is 0 Å². The Bertz CT molecular complexity index is 2230. The molecule has 2 atom stereocenters. The van der Waals surface area contributed by atoms with Crippen LogP contribution in [-0.2, 0) is 5.41 Å². The van der Waals surface area contributed by atoms with Gasteiger partial charge in [-0.3, -0.25) is 0 Å². The van der Waals surface area contributed by atoms with Gasteiger partial charge in [-0.25, -0.2) is 0 Å². The zero-order chi connectivity index (χ0) is 32.1. The molecule has 2 unspecified atom stereocenters. The summed E-state index contributed by atoms with van der Waals surface area (Å²) < 4.78 is 0. The van der Waals surface area contributed by atoms with E-state index in [1.54, 1.807) is 0 Å². The molecule has 1 aliphatic rings. The molecule has 0 bridgehead atoms. The van der Waals surface area contributed by atoms with Gasteiger partial charge in [-0.2, -0.15) is 0 Å². The molecule has 0 saturated heterocycles. The van der Waals surface area contributed by atoms with Gasteiger partial charge in [-0.05, 0) is 90.9 Å². The Morgan fingerprint density at radius 3 is 1.74 bits per heavy atom. The second-order valence-corrected chi connectivity index (χ2v) is 13.9. The summed E-state index contributed by atoms with van der Waals surface area (Å²) in [5.41, 5.74) is 16.0. The number of hydrogen-bond donors (Lipinski definition) is 0. The van der Waals surface area contributed by atoms with E-state index in [1.807, 2.05) is 0 Å². The van der Waals surface area contributed by atoms with Crippen molar-refractivity contribution >= 4 is 10.8 Å². The highest BCUT2D eigenvalue weighted by atomic mass is 14.4. The fraction of sp³-hybridized carbons (Fsp3) is 0.149. The Balaban J connectivity index is 1.20. The van der Waals surface area contributed by atoms with Gasteiger partial charge < -0.3 is 0 Å². The van der Waals surface area contributed by atoms with Crippen LogP contribution in [0.5, 0.6) is 0 Å². The molecule has 0 nitrogen and oxygen atoms in total. The van der Waals surface area contributed by atoms with E-state index in [1.165, 1.54) is 77.5 Å². The second kappa shape index (κ2) is 11.6. The third-order valence-corrected chi connectivity index (χ3v) is 10.6. The highest BCUT2D eigenvalue weighted by molar-refractivity contribution is 5.84. The van der Waals surface area contributed by atoms with Crippen LogP contribution in [0.3, 0.4) is 0 Å². The maximum Gasteiger partial charge on any atom is 0.0159 e. The molecule has 228 valence electrons. The maximum atomic E-state index is 2.51. The van der Waals surface area contributed by atoms with Crippen LogP contribution in [0.1, 0.15) is 66.0 Å². The zero-order valence-corrected chi connectivity index (χ0v) is 27.7. The first-order chi connectivity index (χ1) is 22.9. The smallest absolute Gasteiger partial charge is 0.0159 e. The first-order valence-electron chi connectivity index (χ1n) is 16.9. The molecule has 0 spiro atoms. The molecular formula is C47H40. The Morgan fingerprint density at radius 2 is 1.00 bits per heavy atom. The fourth-order valence-corrected chi connectivity index (χ4v) is 7.91. The van der Waals surface area contributed by atoms with Crippen molar-refractivity contribution in [2.75, 3.05) is 0 Å². The monoisotopic (exact) mass is 604 g/mol. The first kappa shape index (κ1) is 29.2. The van der Waals surface area contributed by atoms with E-state index in [-0.39, 0.29) is 17.3 Å². The summed E-state index contributed by atoms with van der Waals surface area (Å²) >= 11 is 0. The molecule has 0 saturated carbocycles. The Morgan fingerprint density at radius 1 is 0.426 bits per heavy atom. The SMILES string of the molecule is Cc1ccc2c(c1)C(C)(C)c1cc(C(C)C(c3ccc(-c4cccc(-c5ccccc5)c4)cc3)c3ccc4ccccc4c3)ccc1-2. The van der Waals surface area contributed by atoms with Gasteiger partial charge in [0, 0.05) is 11.3 Å². The minimum atomic E-state index is -0.0270. The van der Waals surface area contributed by atoms with Crippen molar-refractivity contribution in [2.45, 2.75) is 44.9 Å². The van der Waals surface area contributed by atoms with E-state index in [2.05, 4.69) is 185 Å². The second-order valence-electron chi connectivity index (χ2n) is 13.9. The van der Waals surface area contributed by atoms with Crippen molar-refractivity contribution < 1.29 is 0 Å². The van der Waals surface area contributed by atoms with Gasteiger partial charge in [0.1, 0.15) is 0 Å². The Hall–Kier alpha value is -5.20. The zero-order valence-electron chi connectivity index (χ0n) is 27.7. The standard InChI is InChI=1S/C47H40/c1-31-17-25-42-43-26-24-37(30-45(43)47(3,4)44(42)27-31)32(2)46(41-23-20-34-13-8-9-14-38(34)29-41)36-21-18-35(19-22-36)40-16-10-15-39(28-40)33-11-6-5-7-12-33/h5-30,32,46H,1-4H3. The average molecular weight is 605 g/mol. The van der Waals surface area contributed by atoms with Gasteiger partial charge in [0.05, 0.1) is 0 Å². The van der Waals surface area contributed by atoms with E-state index >= 15 is 0 Å². The minimum absolute atomic E-state index is 0.0270. The van der Waals surface area contributed by atoms with Crippen LogP contribution in [0.25, 0.3) is 44.2 Å². The lowest BCUT2D eigenvalue weighted by Gasteiger charge is -2.28. The normalized spacial score (nSPS) is 14.4. The van der Waals surface area contributed by atoms with Crippen molar-refractivity contribution in [2.24, 2.45) is 0 Å². The number of rotatable bonds is 6. The number of benzene rings is 7. The van der Waals surface area contributed by atoms with E-state index in [9.17, 15) is 0 Å². The van der Waals surface area contributed by atoms with Gasteiger partial charge in [-0.15, -0.1) is 0 Å². The van der Waals surface area contributed by atoms with Crippen molar-refractivity contribution in [3.8, 4) is 33.4 Å². The molecule has 7 aromatic carbocycles. The van der Waals surface area contributed by atoms with Gasteiger partial charge in [0.25, 0.3) is 0 Å². The van der Waals surface area contributed by atoms with Crippen LogP contribution in [0.4, 0.5) is 0 Å². The molecule has 0 aliphatic heterocycles. The Kier molecular flexibility index (Phi) is 7.18. The van der Waals surface area contributed by atoms with E-state index < -0.39 is 0 Å². The molecule has 1 aliphatic carbocycles. The largest absolute Gasteiger partial charge is 0.0622 e. The van der Waals surface area contributed by atoms with E-state index in [0.29, 0.717) is 0 Å². The lowest BCUT2D eigenvalue weighted by atomic mass is 9.75. The molecular weight excluding hydrogens is 565 g/mol. The summed E-state index contributed by atoms with van der Waals surface area (Å²) in [6.07, 6.45) is 0. The third-order valence-electron chi connectivity index (χ3n) is 10.6. The summed E-state index contributed by atoms with van der Waals surface area (Å²) in [6, 6.07) is 58.8. The van der Waals surface area contributed by atoms with Gasteiger partial charge >= 0.3 is 0 Å².